The topological polar surface area (TPSA) is 114 Å². The predicted octanol–water partition coefficient (Wildman–Crippen LogP) is -2.34. The van der Waals surface area contributed by atoms with Gasteiger partial charge < -0.3 is 9.11 Å². The second-order valence-electron chi connectivity index (χ2n) is 0.492. The summed E-state index contributed by atoms with van der Waals surface area (Å²) in [5, 5.41) is 0. The molecule has 0 radical (unpaired) electrons. The Morgan fingerprint density at radius 1 is 1.11 bits per heavy atom. The third-order valence-corrected chi connectivity index (χ3v) is 0. The van der Waals surface area contributed by atoms with Crippen molar-refractivity contribution in [2.24, 2.45) is 0 Å². The third-order valence-electron chi connectivity index (χ3n) is 0. The van der Waals surface area contributed by atoms with Crippen molar-refractivity contribution in [1.82, 2.24) is 0 Å². The van der Waals surface area contributed by atoms with Crippen LogP contribution >= 0.6 is 0 Å². The van der Waals surface area contributed by atoms with Crippen molar-refractivity contribution in [3.05, 3.63) is 0 Å². The molecule has 0 bridgehead atoms. The Bertz CT molecular complexity index is 153. The van der Waals surface area contributed by atoms with Crippen LogP contribution in [0.1, 0.15) is 0 Å². The summed E-state index contributed by atoms with van der Waals surface area (Å²) in [5.74, 6) is 0. The summed E-state index contributed by atoms with van der Waals surface area (Å²) in [6.45, 7) is 0. The van der Waals surface area contributed by atoms with E-state index in [9.17, 15) is 0 Å². The Morgan fingerprint density at radius 2 is 1.11 bits per heavy atom. The molecular formula is MgO6SSi. The average Bonchev–Trinajstić information content (AvgIpc) is 1.27. The van der Waals surface area contributed by atoms with Crippen molar-refractivity contribution < 1.29 is 26.4 Å². The van der Waals surface area contributed by atoms with Gasteiger partial charge in [0.1, 0.15) is 0 Å². The van der Waals surface area contributed by atoms with E-state index in [0.29, 0.717) is 0 Å². The monoisotopic (exact) mass is 180 g/mol. The molecule has 0 aromatic carbocycles. The Hall–Kier alpha value is 0.453. The summed E-state index contributed by atoms with van der Waals surface area (Å²) in [6, 6.07) is 0. The van der Waals surface area contributed by atoms with E-state index in [1.807, 2.05) is 0 Å². The first kappa shape index (κ1) is 16.2. The zero-order valence-electron chi connectivity index (χ0n) is 4.06. The van der Waals surface area contributed by atoms with Crippen LogP contribution in [0.25, 0.3) is 0 Å². The molecule has 0 amide bonds. The molecule has 0 saturated heterocycles. The fraction of sp³-hybridized carbons (Fsp3) is 0. The van der Waals surface area contributed by atoms with Crippen LogP contribution in [0.2, 0.25) is 0 Å². The minimum absolute atomic E-state index is 0. The smallest absolute Gasteiger partial charge is 0.759 e. The quantitative estimate of drug-likeness (QED) is 0.234. The Balaban J connectivity index is -0.0000000800. The molecule has 9 heteroatoms. The van der Waals surface area contributed by atoms with Gasteiger partial charge in [0.05, 0.1) is 0 Å². The minimum Gasteiger partial charge on any atom is -0.759 e. The molecule has 0 heterocycles. The van der Waals surface area contributed by atoms with Crippen molar-refractivity contribution in [2.75, 3.05) is 0 Å². The van der Waals surface area contributed by atoms with Crippen LogP contribution < -0.4 is 0 Å². The molecule has 6 nitrogen and oxygen atoms in total. The molecule has 48 valence electrons. The van der Waals surface area contributed by atoms with E-state index >= 15 is 0 Å². The molecule has 0 aromatic rings. The van der Waals surface area contributed by atoms with E-state index in [2.05, 4.69) is 0 Å². The molecule has 0 aliphatic heterocycles. The van der Waals surface area contributed by atoms with Gasteiger partial charge in [0.15, 0.2) is 0 Å². The van der Waals surface area contributed by atoms with Crippen LogP contribution in [-0.2, 0) is 19.3 Å². The van der Waals surface area contributed by atoms with Gasteiger partial charge in [-0.1, -0.05) is 0 Å². The molecule has 0 aliphatic rings. The second-order valence-corrected chi connectivity index (χ2v) is 1.47. The van der Waals surface area contributed by atoms with Gasteiger partial charge in [0.25, 0.3) is 0 Å². The summed E-state index contributed by atoms with van der Waals surface area (Å²) < 4.78 is 50.9. The average molecular weight is 180 g/mol. The first-order chi connectivity index (χ1) is 3.41. The van der Waals surface area contributed by atoms with Crippen LogP contribution in [0.3, 0.4) is 0 Å². The summed E-state index contributed by atoms with van der Waals surface area (Å²) in [7, 11) is -6.58. The van der Waals surface area contributed by atoms with Crippen LogP contribution in [0.4, 0.5) is 0 Å². The molecule has 0 aromatic heterocycles. The van der Waals surface area contributed by atoms with E-state index in [1.165, 1.54) is 0 Å². The van der Waals surface area contributed by atoms with Crippen molar-refractivity contribution in [1.29, 1.82) is 0 Å². The van der Waals surface area contributed by atoms with Crippen molar-refractivity contribution in [2.45, 2.75) is 0 Å². The van der Waals surface area contributed by atoms with E-state index in [0.717, 1.165) is 0 Å². The normalized spacial score (nSPS) is 7.33. The summed E-state index contributed by atoms with van der Waals surface area (Å²) in [4.78, 5) is 0. The van der Waals surface area contributed by atoms with Gasteiger partial charge in [-0.05, 0) is 0 Å². The van der Waals surface area contributed by atoms with Crippen molar-refractivity contribution in [3.63, 3.8) is 0 Å². The van der Waals surface area contributed by atoms with Gasteiger partial charge in [-0.2, -0.15) is 0 Å². The molecule has 0 rings (SSSR count). The third kappa shape index (κ3) is 1710. The largest absolute Gasteiger partial charge is 2.00 e. The number of hydrogen-bond acceptors (Lipinski definition) is 6. The van der Waals surface area contributed by atoms with E-state index in [-0.39, 0.29) is 23.1 Å². The maximum Gasteiger partial charge on any atom is 2.00 e. The van der Waals surface area contributed by atoms with E-state index < -0.39 is 19.7 Å². The summed E-state index contributed by atoms with van der Waals surface area (Å²) in [6.07, 6.45) is 0. The molecule has 0 N–H and O–H groups in total. The van der Waals surface area contributed by atoms with Gasteiger partial charge in [-0.25, -0.2) is 0 Å². The van der Waals surface area contributed by atoms with Gasteiger partial charge in [0, 0.05) is 10.4 Å². The molecule has 0 saturated carbocycles. The first-order valence-corrected chi connectivity index (χ1v) is 3.22. The summed E-state index contributed by atoms with van der Waals surface area (Å²) in [5.41, 5.74) is 0. The fourth-order valence-electron chi connectivity index (χ4n) is 0. The minimum atomic E-state index is -5.17. The summed E-state index contributed by atoms with van der Waals surface area (Å²) >= 11 is 0. The van der Waals surface area contributed by atoms with E-state index in [4.69, 9.17) is 26.4 Å². The Morgan fingerprint density at radius 3 is 1.11 bits per heavy atom. The maximum absolute atomic E-state index is 8.52. The second kappa shape index (κ2) is 8.45. The zero-order chi connectivity index (χ0) is 7.21. The van der Waals surface area contributed by atoms with Gasteiger partial charge in [-0.3, -0.25) is 17.3 Å². The molecule has 0 atom stereocenters. The van der Waals surface area contributed by atoms with Crippen LogP contribution in [0, 0.1) is 0 Å². The zero-order valence-corrected chi connectivity index (χ0v) is 7.30. The maximum atomic E-state index is 8.52. The number of rotatable bonds is 0. The Kier molecular flexibility index (Phi) is 15.2. The SMILES string of the molecule is O=S(=O)([O-])[O-].O=[Si]=O.[Mg+2]. The predicted molar refractivity (Wildman–Crippen MR) is 23.4 cm³/mol. The van der Waals surface area contributed by atoms with E-state index in [1.54, 1.807) is 0 Å². The van der Waals surface area contributed by atoms with Gasteiger partial charge in [-0.15, -0.1) is 0 Å². The Labute approximate surface area is 69.3 Å². The van der Waals surface area contributed by atoms with Crippen molar-refractivity contribution in [3.8, 4) is 0 Å². The van der Waals surface area contributed by atoms with Crippen LogP contribution in [0.5, 0.6) is 0 Å². The first-order valence-electron chi connectivity index (χ1n) is 1.07. The van der Waals surface area contributed by atoms with Crippen LogP contribution in [0.15, 0.2) is 0 Å². The molecule has 0 aliphatic carbocycles. The van der Waals surface area contributed by atoms with Gasteiger partial charge in [0.2, 0.25) is 0 Å². The molecule has 0 unspecified atom stereocenters. The standard InChI is InChI=1S/Mg.H2O4S.O2Si/c;1-5(2,3)4;1-3-2/h;(H2,1,2,3,4);/q+2;;/p-2. The van der Waals surface area contributed by atoms with Crippen LogP contribution in [-0.4, -0.2) is 49.9 Å². The molecule has 0 fully saturated rings. The van der Waals surface area contributed by atoms with Crippen molar-refractivity contribution >= 4 is 42.7 Å². The molecule has 9 heavy (non-hydrogen) atoms. The molecule has 0 spiro atoms. The fourth-order valence-corrected chi connectivity index (χ4v) is 0. The molecular weight excluding hydrogens is 180 g/mol. The number of hydrogen-bond donors (Lipinski definition) is 0. The van der Waals surface area contributed by atoms with Gasteiger partial charge >= 0.3 is 32.3 Å².